The Bertz CT molecular complexity index is 531. The molecule has 0 fully saturated rings. The van der Waals surface area contributed by atoms with Crippen LogP contribution >= 0.6 is 0 Å². The Kier molecular flexibility index (Phi) is 6.11. The van der Waals surface area contributed by atoms with Crippen LogP contribution in [0.4, 0.5) is 0 Å². The van der Waals surface area contributed by atoms with Gasteiger partial charge in [-0.25, -0.2) is 4.79 Å². The topological polar surface area (TPSA) is 68.5 Å². The van der Waals surface area contributed by atoms with E-state index in [-0.39, 0.29) is 6.61 Å². The fourth-order valence-electron chi connectivity index (χ4n) is 1.49. The maximum absolute atomic E-state index is 11.4. The number of carbonyl (C=O) groups is 1. The van der Waals surface area contributed by atoms with Gasteiger partial charge in [-0.15, -0.1) is 0 Å². The molecule has 0 radical (unpaired) electrons. The van der Waals surface area contributed by atoms with Crippen LogP contribution in [0.1, 0.15) is 19.4 Å². The highest BCUT2D eigenvalue weighted by molar-refractivity contribution is 5.71. The summed E-state index contributed by atoms with van der Waals surface area (Å²) in [5, 5.41) is 8.54. The van der Waals surface area contributed by atoms with Crippen LogP contribution in [0, 0.1) is 11.3 Å². The lowest BCUT2D eigenvalue weighted by Gasteiger charge is -2.11. The van der Waals surface area contributed by atoms with Gasteiger partial charge in [0.05, 0.1) is 7.11 Å². The van der Waals surface area contributed by atoms with Crippen molar-refractivity contribution >= 4 is 12.0 Å². The van der Waals surface area contributed by atoms with E-state index in [0.29, 0.717) is 11.5 Å². The van der Waals surface area contributed by atoms with Crippen molar-refractivity contribution in [2.75, 3.05) is 13.7 Å². The first-order chi connectivity index (χ1) is 9.60. The van der Waals surface area contributed by atoms with E-state index < -0.39 is 12.1 Å². The third kappa shape index (κ3) is 4.65. The average Bonchev–Trinajstić information content (AvgIpc) is 2.45. The number of ether oxygens (including phenoxy) is 3. The Hall–Kier alpha value is -2.48. The predicted molar refractivity (Wildman–Crippen MR) is 74.4 cm³/mol. The van der Waals surface area contributed by atoms with Gasteiger partial charge in [0.2, 0.25) is 0 Å². The van der Waals surface area contributed by atoms with Crippen molar-refractivity contribution in [1.82, 2.24) is 0 Å². The molecule has 0 aromatic heterocycles. The fraction of sp³-hybridized carbons (Fsp3) is 0.333. The number of nitriles is 1. The van der Waals surface area contributed by atoms with Crippen molar-refractivity contribution in [3.63, 3.8) is 0 Å². The van der Waals surface area contributed by atoms with Crippen LogP contribution in [0.3, 0.4) is 0 Å². The third-order valence-corrected chi connectivity index (χ3v) is 2.38. The standard InChI is InChI=1S/C15H17NO4/c1-4-5-12-6-7-13(14(8-12)18-3)19-10-15(17)20-11(2)9-16/h4-8,11H,10H2,1-3H3/b5-4-/t11-/m0/s1. The normalized spacial score (nSPS) is 11.7. The molecule has 0 saturated heterocycles. The van der Waals surface area contributed by atoms with Crippen LogP contribution in [-0.2, 0) is 9.53 Å². The molecule has 0 aliphatic heterocycles. The number of nitrogens with zero attached hydrogens (tertiary/aromatic N) is 1. The molecule has 5 heteroatoms. The van der Waals surface area contributed by atoms with Crippen LogP contribution in [-0.4, -0.2) is 25.8 Å². The molecule has 0 aliphatic rings. The summed E-state index contributed by atoms with van der Waals surface area (Å²) in [4.78, 5) is 11.4. The third-order valence-electron chi connectivity index (χ3n) is 2.38. The monoisotopic (exact) mass is 275 g/mol. The molecule has 106 valence electrons. The molecule has 5 nitrogen and oxygen atoms in total. The zero-order valence-electron chi connectivity index (χ0n) is 11.8. The van der Waals surface area contributed by atoms with Crippen LogP contribution in [0.2, 0.25) is 0 Å². The molecule has 0 saturated carbocycles. The second kappa shape index (κ2) is 7.85. The minimum atomic E-state index is -0.787. The van der Waals surface area contributed by atoms with Crippen LogP contribution in [0.25, 0.3) is 6.08 Å². The van der Waals surface area contributed by atoms with Gasteiger partial charge in [0.1, 0.15) is 6.07 Å². The lowest BCUT2D eigenvalue weighted by atomic mass is 10.2. The van der Waals surface area contributed by atoms with Crippen LogP contribution in [0.15, 0.2) is 24.3 Å². The van der Waals surface area contributed by atoms with Crippen molar-refractivity contribution < 1.29 is 19.0 Å². The highest BCUT2D eigenvalue weighted by Crippen LogP contribution is 2.28. The van der Waals surface area contributed by atoms with Crippen molar-refractivity contribution in [3.05, 3.63) is 29.8 Å². The van der Waals surface area contributed by atoms with E-state index in [1.54, 1.807) is 12.1 Å². The SMILES string of the molecule is C/C=C\c1ccc(OCC(=O)O[C@@H](C)C#N)c(OC)c1. The van der Waals surface area contributed by atoms with E-state index in [1.807, 2.05) is 31.2 Å². The van der Waals surface area contributed by atoms with Gasteiger partial charge in [0.25, 0.3) is 0 Å². The molecule has 0 aliphatic carbocycles. The molecule has 1 atom stereocenters. The first-order valence-electron chi connectivity index (χ1n) is 6.13. The zero-order chi connectivity index (χ0) is 15.0. The molecule has 0 unspecified atom stereocenters. The summed E-state index contributed by atoms with van der Waals surface area (Å²) in [5.74, 6) is 0.377. The Morgan fingerprint density at radius 2 is 2.20 bits per heavy atom. The Morgan fingerprint density at radius 1 is 1.45 bits per heavy atom. The van der Waals surface area contributed by atoms with Crippen molar-refractivity contribution in [3.8, 4) is 17.6 Å². The number of benzene rings is 1. The molecule has 0 bridgehead atoms. The van der Waals surface area contributed by atoms with E-state index in [2.05, 4.69) is 0 Å². The minimum absolute atomic E-state index is 0.272. The predicted octanol–water partition coefficient (Wildman–Crippen LogP) is 2.56. The molecule has 1 aromatic carbocycles. The number of esters is 1. The van der Waals surface area contributed by atoms with Crippen LogP contribution < -0.4 is 9.47 Å². The largest absolute Gasteiger partial charge is 0.493 e. The summed E-state index contributed by atoms with van der Waals surface area (Å²) in [6, 6.07) is 7.18. The summed E-state index contributed by atoms with van der Waals surface area (Å²) in [7, 11) is 1.53. The molecule has 0 N–H and O–H groups in total. The first-order valence-corrected chi connectivity index (χ1v) is 6.13. The van der Waals surface area contributed by atoms with Gasteiger partial charge in [-0.1, -0.05) is 18.2 Å². The van der Waals surface area contributed by atoms with Gasteiger partial charge in [-0.05, 0) is 31.5 Å². The fourth-order valence-corrected chi connectivity index (χ4v) is 1.49. The quantitative estimate of drug-likeness (QED) is 0.746. The number of rotatable bonds is 6. The highest BCUT2D eigenvalue weighted by Gasteiger charge is 2.11. The van der Waals surface area contributed by atoms with Gasteiger partial charge in [0.15, 0.2) is 24.2 Å². The van der Waals surface area contributed by atoms with Gasteiger partial charge >= 0.3 is 5.97 Å². The summed E-state index contributed by atoms with van der Waals surface area (Å²) >= 11 is 0. The summed E-state index contributed by atoms with van der Waals surface area (Å²) in [6.45, 7) is 3.14. The number of methoxy groups -OCH3 is 1. The van der Waals surface area contributed by atoms with E-state index in [1.165, 1.54) is 14.0 Å². The van der Waals surface area contributed by atoms with E-state index in [0.717, 1.165) is 5.56 Å². The van der Waals surface area contributed by atoms with Gasteiger partial charge in [0, 0.05) is 0 Å². The number of hydrogen-bond donors (Lipinski definition) is 0. The number of allylic oxidation sites excluding steroid dienone is 1. The molecule has 20 heavy (non-hydrogen) atoms. The van der Waals surface area contributed by atoms with Crippen molar-refractivity contribution in [2.45, 2.75) is 20.0 Å². The molecular formula is C15H17NO4. The molecule has 0 spiro atoms. The van der Waals surface area contributed by atoms with Gasteiger partial charge < -0.3 is 14.2 Å². The Morgan fingerprint density at radius 3 is 2.80 bits per heavy atom. The number of hydrogen-bond acceptors (Lipinski definition) is 5. The van der Waals surface area contributed by atoms with E-state index in [4.69, 9.17) is 19.5 Å². The molecule has 0 heterocycles. The van der Waals surface area contributed by atoms with E-state index >= 15 is 0 Å². The lowest BCUT2D eigenvalue weighted by molar-refractivity contribution is -0.148. The molecule has 1 rings (SSSR count). The van der Waals surface area contributed by atoms with Crippen molar-refractivity contribution in [1.29, 1.82) is 5.26 Å². The summed E-state index contributed by atoms with van der Waals surface area (Å²) < 4.78 is 15.3. The van der Waals surface area contributed by atoms with Crippen molar-refractivity contribution in [2.24, 2.45) is 0 Å². The zero-order valence-corrected chi connectivity index (χ0v) is 11.8. The minimum Gasteiger partial charge on any atom is -0.493 e. The first kappa shape index (κ1) is 15.6. The highest BCUT2D eigenvalue weighted by atomic mass is 16.6. The van der Waals surface area contributed by atoms with Gasteiger partial charge in [-0.3, -0.25) is 0 Å². The smallest absolute Gasteiger partial charge is 0.345 e. The van der Waals surface area contributed by atoms with E-state index in [9.17, 15) is 4.79 Å². The number of carbonyl (C=O) groups excluding carboxylic acids is 1. The van der Waals surface area contributed by atoms with Crippen LogP contribution in [0.5, 0.6) is 11.5 Å². The molecular weight excluding hydrogens is 258 g/mol. The molecule has 1 aromatic rings. The Balaban J connectivity index is 2.68. The summed E-state index contributed by atoms with van der Waals surface area (Å²) in [5.41, 5.74) is 0.970. The lowest BCUT2D eigenvalue weighted by Crippen LogP contribution is -2.19. The Labute approximate surface area is 118 Å². The van der Waals surface area contributed by atoms with Gasteiger partial charge in [-0.2, -0.15) is 5.26 Å². The summed E-state index contributed by atoms with van der Waals surface area (Å²) in [6.07, 6.45) is 3.05. The maximum Gasteiger partial charge on any atom is 0.345 e. The second-order valence-corrected chi connectivity index (χ2v) is 3.96. The average molecular weight is 275 g/mol. The molecule has 0 amide bonds. The second-order valence-electron chi connectivity index (χ2n) is 3.96. The maximum atomic E-state index is 11.4.